The van der Waals surface area contributed by atoms with Crippen LogP contribution < -0.4 is 5.32 Å². The van der Waals surface area contributed by atoms with Crippen molar-refractivity contribution in [3.05, 3.63) is 63.1 Å². The van der Waals surface area contributed by atoms with Crippen molar-refractivity contribution in [3.8, 4) is 0 Å². The Labute approximate surface area is 126 Å². The van der Waals surface area contributed by atoms with E-state index in [0.717, 1.165) is 15.7 Å². The molecule has 3 nitrogen and oxygen atoms in total. The Morgan fingerprint density at radius 2 is 1.95 bits per heavy atom. The fraction of sp³-hybridized carbons (Fsp3) is 0.188. The normalized spacial score (nSPS) is 10.3. The number of benzene rings is 2. The molecule has 4 heteroatoms. The molecule has 0 aliphatic heterocycles. The molecule has 0 spiro atoms. The third-order valence-electron chi connectivity index (χ3n) is 3.15. The van der Waals surface area contributed by atoms with E-state index in [-0.39, 0.29) is 5.56 Å². The minimum absolute atomic E-state index is 0.284. The Balaban J connectivity index is 2.13. The summed E-state index contributed by atoms with van der Waals surface area (Å²) in [7, 11) is 0. The molecule has 0 unspecified atom stereocenters. The van der Waals surface area contributed by atoms with Crippen LogP contribution in [0.15, 0.2) is 40.9 Å². The maximum absolute atomic E-state index is 10.9. The number of anilines is 1. The van der Waals surface area contributed by atoms with Crippen LogP contribution in [0.3, 0.4) is 0 Å². The molecule has 20 heavy (non-hydrogen) atoms. The summed E-state index contributed by atoms with van der Waals surface area (Å²) in [4.78, 5) is 10.9. The van der Waals surface area contributed by atoms with E-state index in [0.29, 0.717) is 6.54 Å². The Hall–Kier alpha value is -1.81. The number of rotatable bonds is 4. The van der Waals surface area contributed by atoms with Crippen LogP contribution in [0.2, 0.25) is 0 Å². The van der Waals surface area contributed by atoms with Crippen LogP contribution >= 0.6 is 15.9 Å². The number of aryl methyl sites for hydroxylation is 2. The summed E-state index contributed by atoms with van der Waals surface area (Å²) < 4.78 is 0.801. The lowest BCUT2D eigenvalue weighted by Crippen LogP contribution is -2.03. The highest BCUT2D eigenvalue weighted by Crippen LogP contribution is 2.22. The average Bonchev–Trinajstić information content (AvgIpc) is 2.38. The van der Waals surface area contributed by atoms with Crippen molar-refractivity contribution in [3.63, 3.8) is 0 Å². The quantitative estimate of drug-likeness (QED) is 0.873. The van der Waals surface area contributed by atoms with Crippen molar-refractivity contribution >= 4 is 27.6 Å². The lowest BCUT2D eigenvalue weighted by Gasteiger charge is -2.12. The number of hydrogen-bond donors (Lipinski definition) is 2. The van der Waals surface area contributed by atoms with Crippen molar-refractivity contribution in [2.24, 2.45) is 0 Å². The fourth-order valence-corrected chi connectivity index (χ4v) is 2.55. The molecule has 104 valence electrons. The molecule has 0 saturated heterocycles. The summed E-state index contributed by atoms with van der Waals surface area (Å²) in [6, 6.07) is 11.3. The second-order valence-corrected chi connectivity index (χ2v) is 5.64. The largest absolute Gasteiger partial charge is 0.478 e. The van der Waals surface area contributed by atoms with E-state index in [1.165, 1.54) is 11.1 Å². The number of carboxylic acids is 1. The summed E-state index contributed by atoms with van der Waals surface area (Å²) >= 11 is 3.42. The van der Waals surface area contributed by atoms with Crippen molar-refractivity contribution < 1.29 is 9.90 Å². The first kappa shape index (κ1) is 14.6. The van der Waals surface area contributed by atoms with E-state index in [1.807, 2.05) is 6.07 Å². The molecular formula is C16H16BrNO2. The van der Waals surface area contributed by atoms with Crippen LogP contribution in [0.4, 0.5) is 5.69 Å². The maximum atomic E-state index is 10.9. The van der Waals surface area contributed by atoms with Gasteiger partial charge in [-0.2, -0.15) is 0 Å². The van der Waals surface area contributed by atoms with Gasteiger partial charge in [-0.05, 0) is 43.2 Å². The van der Waals surface area contributed by atoms with Gasteiger partial charge in [0.05, 0.1) is 5.56 Å². The van der Waals surface area contributed by atoms with Gasteiger partial charge in [0, 0.05) is 16.7 Å². The minimum Gasteiger partial charge on any atom is -0.478 e. The zero-order chi connectivity index (χ0) is 14.7. The van der Waals surface area contributed by atoms with Crippen LogP contribution in [0.25, 0.3) is 0 Å². The number of halogens is 1. The molecule has 0 atom stereocenters. The molecule has 0 bridgehead atoms. The minimum atomic E-state index is -0.917. The summed E-state index contributed by atoms with van der Waals surface area (Å²) in [6.45, 7) is 4.78. The zero-order valence-corrected chi connectivity index (χ0v) is 13.0. The smallest absolute Gasteiger partial charge is 0.335 e. The molecule has 2 rings (SSSR count). The van der Waals surface area contributed by atoms with E-state index in [2.05, 4.69) is 53.3 Å². The third-order valence-corrected chi connectivity index (χ3v) is 3.89. The van der Waals surface area contributed by atoms with Gasteiger partial charge in [-0.25, -0.2) is 4.79 Å². The van der Waals surface area contributed by atoms with E-state index in [9.17, 15) is 4.79 Å². The maximum Gasteiger partial charge on any atom is 0.335 e. The van der Waals surface area contributed by atoms with Crippen LogP contribution in [-0.4, -0.2) is 11.1 Å². The molecule has 0 heterocycles. The predicted octanol–water partition coefficient (Wildman–Crippen LogP) is 4.38. The van der Waals surface area contributed by atoms with Crippen molar-refractivity contribution in [2.75, 3.05) is 5.32 Å². The number of hydrogen-bond acceptors (Lipinski definition) is 2. The molecule has 0 aliphatic carbocycles. The molecule has 2 aromatic carbocycles. The number of carbonyl (C=O) groups is 1. The lowest BCUT2D eigenvalue weighted by atomic mass is 10.1. The van der Waals surface area contributed by atoms with Gasteiger partial charge in [0.25, 0.3) is 0 Å². The van der Waals surface area contributed by atoms with Crippen LogP contribution in [0.1, 0.15) is 27.0 Å². The highest BCUT2D eigenvalue weighted by atomic mass is 79.9. The van der Waals surface area contributed by atoms with Gasteiger partial charge in [-0.1, -0.05) is 39.7 Å². The van der Waals surface area contributed by atoms with Crippen LogP contribution in [-0.2, 0) is 6.54 Å². The van der Waals surface area contributed by atoms with Gasteiger partial charge in [0.2, 0.25) is 0 Å². The Morgan fingerprint density at radius 1 is 1.20 bits per heavy atom. The summed E-state index contributed by atoms with van der Waals surface area (Å²) in [6.07, 6.45) is 0. The molecule has 0 radical (unpaired) electrons. The molecule has 0 aliphatic rings. The Kier molecular flexibility index (Phi) is 4.45. The highest BCUT2D eigenvalue weighted by Gasteiger charge is 2.07. The van der Waals surface area contributed by atoms with Crippen molar-refractivity contribution in [1.29, 1.82) is 0 Å². The Morgan fingerprint density at radius 3 is 2.55 bits per heavy atom. The first-order valence-electron chi connectivity index (χ1n) is 6.30. The van der Waals surface area contributed by atoms with Crippen molar-refractivity contribution in [2.45, 2.75) is 20.4 Å². The Bertz CT molecular complexity index is 653. The van der Waals surface area contributed by atoms with Crippen LogP contribution in [0.5, 0.6) is 0 Å². The van der Waals surface area contributed by atoms with E-state index in [4.69, 9.17) is 5.11 Å². The SMILES string of the molecule is Cc1ccc(NCc2ccc(C(=O)O)cc2Br)c(C)c1. The topological polar surface area (TPSA) is 49.3 Å². The van der Waals surface area contributed by atoms with Crippen molar-refractivity contribution in [1.82, 2.24) is 0 Å². The number of carboxylic acid groups (broad SMARTS) is 1. The molecule has 0 saturated carbocycles. The molecule has 2 N–H and O–H groups in total. The average molecular weight is 334 g/mol. The fourth-order valence-electron chi connectivity index (χ4n) is 2.03. The number of nitrogens with one attached hydrogen (secondary N) is 1. The molecule has 2 aromatic rings. The highest BCUT2D eigenvalue weighted by molar-refractivity contribution is 9.10. The van der Waals surface area contributed by atoms with E-state index in [1.54, 1.807) is 12.1 Å². The monoisotopic (exact) mass is 333 g/mol. The molecular weight excluding hydrogens is 318 g/mol. The van der Waals surface area contributed by atoms with Gasteiger partial charge in [0.1, 0.15) is 0 Å². The zero-order valence-electron chi connectivity index (χ0n) is 11.4. The molecule has 0 fully saturated rings. The van der Waals surface area contributed by atoms with Gasteiger partial charge in [-0.3, -0.25) is 0 Å². The lowest BCUT2D eigenvalue weighted by molar-refractivity contribution is 0.0697. The van der Waals surface area contributed by atoms with Gasteiger partial charge in [0.15, 0.2) is 0 Å². The second-order valence-electron chi connectivity index (χ2n) is 4.78. The number of aromatic carboxylic acids is 1. The standard InChI is InChI=1S/C16H16BrNO2/c1-10-3-6-15(11(2)7-10)18-9-13-5-4-12(16(19)20)8-14(13)17/h3-8,18H,9H2,1-2H3,(H,19,20). The predicted molar refractivity (Wildman–Crippen MR) is 84.3 cm³/mol. The van der Waals surface area contributed by atoms with Crippen LogP contribution in [0, 0.1) is 13.8 Å². The summed E-state index contributed by atoms with van der Waals surface area (Å²) in [5.74, 6) is -0.917. The summed E-state index contributed by atoms with van der Waals surface area (Å²) in [5, 5.41) is 12.3. The molecule has 0 aromatic heterocycles. The summed E-state index contributed by atoms with van der Waals surface area (Å²) in [5.41, 5.74) is 4.83. The van der Waals surface area contributed by atoms with Gasteiger partial charge >= 0.3 is 5.97 Å². The molecule has 0 amide bonds. The second kappa shape index (κ2) is 6.09. The van der Waals surface area contributed by atoms with Gasteiger partial charge < -0.3 is 10.4 Å². The third kappa shape index (κ3) is 3.39. The van der Waals surface area contributed by atoms with E-state index < -0.39 is 5.97 Å². The van der Waals surface area contributed by atoms with E-state index >= 15 is 0 Å². The van der Waals surface area contributed by atoms with Gasteiger partial charge in [-0.15, -0.1) is 0 Å². The first-order chi connectivity index (χ1) is 9.47. The first-order valence-corrected chi connectivity index (χ1v) is 7.09.